The van der Waals surface area contributed by atoms with E-state index in [0.717, 1.165) is 5.56 Å². The minimum absolute atomic E-state index is 0.298. The van der Waals surface area contributed by atoms with Crippen molar-refractivity contribution in [2.45, 2.75) is 13.2 Å². The summed E-state index contributed by atoms with van der Waals surface area (Å²) in [5.41, 5.74) is 1.28. The first kappa shape index (κ1) is 11.8. The van der Waals surface area contributed by atoms with Crippen LogP contribution in [0.3, 0.4) is 0 Å². The molecular weight excluding hydrogens is 236 g/mol. The van der Waals surface area contributed by atoms with E-state index in [4.69, 9.17) is 9.84 Å². The molecule has 0 fully saturated rings. The van der Waals surface area contributed by atoms with E-state index >= 15 is 0 Å². The fourth-order valence-corrected chi connectivity index (χ4v) is 2.05. The average molecular weight is 248 g/mol. The van der Waals surface area contributed by atoms with Crippen LogP contribution in [0.5, 0.6) is 0 Å². The number of rotatable bonds is 5. The number of benzene rings is 1. The van der Waals surface area contributed by atoms with Crippen LogP contribution in [0.4, 0.5) is 0 Å². The number of aromatic carboxylic acids is 1. The topological polar surface area (TPSA) is 46.5 Å². The third-order valence-electron chi connectivity index (χ3n) is 2.29. The second-order valence-corrected chi connectivity index (χ2v) is 4.61. The number of carboxylic acid groups (broad SMARTS) is 1. The van der Waals surface area contributed by atoms with E-state index in [0.29, 0.717) is 18.8 Å². The van der Waals surface area contributed by atoms with Crippen molar-refractivity contribution in [3.05, 3.63) is 57.8 Å². The molecule has 0 saturated carbocycles. The lowest BCUT2D eigenvalue weighted by molar-refractivity contribution is 0.0696. The van der Waals surface area contributed by atoms with Gasteiger partial charge in [0, 0.05) is 4.88 Å². The minimum Gasteiger partial charge on any atom is -0.478 e. The maximum atomic E-state index is 10.7. The van der Waals surface area contributed by atoms with Crippen molar-refractivity contribution in [3.63, 3.8) is 0 Å². The number of hydrogen-bond donors (Lipinski definition) is 1. The van der Waals surface area contributed by atoms with Crippen molar-refractivity contribution < 1.29 is 14.6 Å². The first-order chi connectivity index (χ1) is 8.25. The Kier molecular flexibility index (Phi) is 3.90. The summed E-state index contributed by atoms with van der Waals surface area (Å²) < 4.78 is 5.53. The lowest BCUT2D eigenvalue weighted by Gasteiger charge is -2.03. The molecule has 0 atom stereocenters. The van der Waals surface area contributed by atoms with Crippen LogP contribution in [-0.2, 0) is 18.0 Å². The van der Waals surface area contributed by atoms with Crippen LogP contribution in [0, 0.1) is 0 Å². The highest BCUT2D eigenvalue weighted by Crippen LogP contribution is 2.12. The third kappa shape index (κ3) is 3.41. The molecular formula is C13H12O3S. The molecule has 88 valence electrons. The maximum absolute atomic E-state index is 10.7. The van der Waals surface area contributed by atoms with Crippen LogP contribution < -0.4 is 0 Å². The second-order valence-electron chi connectivity index (χ2n) is 3.57. The molecule has 0 aliphatic rings. The summed E-state index contributed by atoms with van der Waals surface area (Å²) in [5, 5.41) is 10.8. The maximum Gasteiger partial charge on any atom is 0.335 e. The highest BCUT2D eigenvalue weighted by atomic mass is 32.1. The van der Waals surface area contributed by atoms with Crippen LogP contribution in [-0.4, -0.2) is 11.1 Å². The predicted molar refractivity (Wildman–Crippen MR) is 66.2 cm³/mol. The molecule has 0 unspecified atom stereocenters. The fraction of sp³-hybridized carbons (Fsp3) is 0.154. The van der Waals surface area contributed by atoms with E-state index in [2.05, 4.69) is 0 Å². The summed E-state index contributed by atoms with van der Waals surface area (Å²) >= 11 is 1.66. The Balaban J connectivity index is 1.85. The number of hydrogen-bond acceptors (Lipinski definition) is 3. The van der Waals surface area contributed by atoms with E-state index in [9.17, 15) is 4.79 Å². The Morgan fingerprint density at radius 2 is 1.94 bits per heavy atom. The summed E-state index contributed by atoms with van der Waals surface area (Å²) in [7, 11) is 0. The first-order valence-corrected chi connectivity index (χ1v) is 6.06. The zero-order chi connectivity index (χ0) is 12.1. The summed E-state index contributed by atoms with van der Waals surface area (Å²) in [6, 6.07) is 10.7. The number of carbonyl (C=O) groups is 1. The fourth-order valence-electron chi connectivity index (χ4n) is 1.41. The van der Waals surface area contributed by atoms with Gasteiger partial charge in [0.2, 0.25) is 0 Å². The number of ether oxygens (including phenoxy) is 1. The van der Waals surface area contributed by atoms with Gasteiger partial charge < -0.3 is 9.84 Å². The van der Waals surface area contributed by atoms with Gasteiger partial charge in [0.15, 0.2) is 0 Å². The normalized spacial score (nSPS) is 10.4. The van der Waals surface area contributed by atoms with E-state index in [-0.39, 0.29) is 0 Å². The van der Waals surface area contributed by atoms with Crippen LogP contribution in [0.2, 0.25) is 0 Å². The molecule has 0 aliphatic heterocycles. The van der Waals surface area contributed by atoms with E-state index in [1.807, 2.05) is 17.5 Å². The molecule has 1 N–H and O–H groups in total. The molecule has 0 radical (unpaired) electrons. The van der Waals surface area contributed by atoms with Crippen LogP contribution in [0.1, 0.15) is 20.8 Å². The summed E-state index contributed by atoms with van der Waals surface area (Å²) in [6.45, 7) is 1.09. The van der Waals surface area contributed by atoms with Crippen LogP contribution >= 0.6 is 11.3 Å². The van der Waals surface area contributed by atoms with Crippen LogP contribution in [0.25, 0.3) is 0 Å². The SMILES string of the molecule is O=C(O)c1ccc(COCc2cccs2)cc1. The largest absolute Gasteiger partial charge is 0.478 e. The standard InChI is InChI=1S/C13H12O3S/c14-13(15)11-5-3-10(4-6-11)8-16-9-12-2-1-7-17-12/h1-7H,8-9H2,(H,14,15). The molecule has 0 bridgehead atoms. The zero-order valence-corrected chi connectivity index (χ0v) is 9.94. The van der Waals surface area contributed by atoms with Crippen molar-refractivity contribution in [1.29, 1.82) is 0 Å². The minimum atomic E-state index is -0.906. The van der Waals surface area contributed by atoms with Gasteiger partial charge in [-0.05, 0) is 29.1 Å². The van der Waals surface area contributed by atoms with E-state index in [1.54, 1.807) is 35.6 Å². The van der Waals surface area contributed by atoms with Gasteiger partial charge in [-0.3, -0.25) is 0 Å². The highest BCUT2D eigenvalue weighted by Gasteiger charge is 2.01. The zero-order valence-electron chi connectivity index (χ0n) is 9.13. The van der Waals surface area contributed by atoms with Crippen LogP contribution in [0.15, 0.2) is 41.8 Å². The second kappa shape index (κ2) is 5.61. The number of carboxylic acids is 1. The molecule has 0 saturated heterocycles. The van der Waals surface area contributed by atoms with Gasteiger partial charge in [0.1, 0.15) is 0 Å². The van der Waals surface area contributed by atoms with Gasteiger partial charge in [0.25, 0.3) is 0 Å². The summed E-state index contributed by atoms with van der Waals surface area (Å²) in [4.78, 5) is 11.8. The van der Waals surface area contributed by atoms with E-state index < -0.39 is 5.97 Å². The Morgan fingerprint density at radius 3 is 2.53 bits per heavy atom. The lowest BCUT2D eigenvalue weighted by atomic mass is 10.1. The predicted octanol–water partition coefficient (Wildman–Crippen LogP) is 3.16. The molecule has 2 rings (SSSR count). The molecule has 17 heavy (non-hydrogen) atoms. The Labute approximate surface area is 103 Å². The van der Waals surface area contributed by atoms with Gasteiger partial charge >= 0.3 is 5.97 Å². The van der Waals surface area contributed by atoms with Crippen molar-refractivity contribution in [2.75, 3.05) is 0 Å². The molecule has 4 heteroatoms. The third-order valence-corrected chi connectivity index (χ3v) is 3.14. The molecule has 2 aromatic rings. The smallest absolute Gasteiger partial charge is 0.335 e. The van der Waals surface area contributed by atoms with Gasteiger partial charge in [-0.2, -0.15) is 0 Å². The monoisotopic (exact) mass is 248 g/mol. The molecule has 3 nitrogen and oxygen atoms in total. The Bertz CT molecular complexity index is 474. The Morgan fingerprint density at radius 1 is 1.18 bits per heavy atom. The molecule has 1 aromatic heterocycles. The molecule has 1 heterocycles. The van der Waals surface area contributed by atoms with Crippen molar-refractivity contribution in [1.82, 2.24) is 0 Å². The van der Waals surface area contributed by atoms with Crippen molar-refractivity contribution >= 4 is 17.3 Å². The Hall–Kier alpha value is -1.65. The van der Waals surface area contributed by atoms with E-state index in [1.165, 1.54) is 4.88 Å². The quantitative estimate of drug-likeness (QED) is 0.884. The summed E-state index contributed by atoms with van der Waals surface area (Å²) in [5.74, 6) is -0.906. The number of thiophene rings is 1. The molecule has 0 aliphatic carbocycles. The summed E-state index contributed by atoms with van der Waals surface area (Å²) in [6.07, 6.45) is 0. The molecule has 0 spiro atoms. The molecule has 0 amide bonds. The average Bonchev–Trinajstić information content (AvgIpc) is 2.83. The van der Waals surface area contributed by atoms with Crippen molar-refractivity contribution in [3.8, 4) is 0 Å². The van der Waals surface area contributed by atoms with Gasteiger partial charge in [-0.15, -0.1) is 11.3 Å². The first-order valence-electron chi connectivity index (χ1n) is 5.18. The van der Waals surface area contributed by atoms with Gasteiger partial charge in [-0.1, -0.05) is 18.2 Å². The van der Waals surface area contributed by atoms with Gasteiger partial charge in [0.05, 0.1) is 18.8 Å². The lowest BCUT2D eigenvalue weighted by Crippen LogP contribution is -1.97. The van der Waals surface area contributed by atoms with Gasteiger partial charge in [-0.25, -0.2) is 4.79 Å². The van der Waals surface area contributed by atoms with Crippen molar-refractivity contribution in [2.24, 2.45) is 0 Å². The highest BCUT2D eigenvalue weighted by molar-refractivity contribution is 7.09. The molecule has 1 aromatic carbocycles.